The smallest absolute Gasteiger partial charge is 0.312 e. The molecule has 0 radical (unpaired) electrons. The van der Waals surface area contributed by atoms with Gasteiger partial charge in [0, 0.05) is 37.3 Å². The average Bonchev–Trinajstić information content (AvgIpc) is 3.29. The van der Waals surface area contributed by atoms with Gasteiger partial charge in [0.05, 0.1) is 9.82 Å². The monoisotopic (exact) mass is 461 g/mol. The van der Waals surface area contributed by atoms with E-state index in [9.17, 15) is 28.1 Å². The van der Waals surface area contributed by atoms with Crippen LogP contribution in [0.15, 0.2) is 47.4 Å². The first-order valence-corrected chi connectivity index (χ1v) is 11.4. The largest absolute Gasteiger partial charge is 0.475 e. The van der Waals surface area contributed by atoms with E-state index in [4.69, 9.17) is 4.74 Å². The van der Waals surface area contributed by atoms with Crippen LogP contribution in [0.3, 0.4) is 0 Å². The Morgan fingerprint density at radius 2 is 1.75 bits per heavy atom. The maximum absolute atomic E-state index is 12.7. The number of ether oxygens (including phenoxy) is 1. The van der Waals surface area contributed by atoms with E-state index in [0.29, 0.717) is 24.3 Å². The lowest BCUT2D eigenvalue weighted by Gasteiger charge is -2.17. The van der Waals surface area contributed by atoms with Crippen molar-refractivity contribution in [2.75, 3.05) is 18.4 Å². The summed E-state index contributed by atoms with van der Waals surface area (Å²) >= 11 is 0. The van der Waals surface area contributed by atoms with Crippen LogP contribution in [0, 0.1) is 10.1 Å². The molecule has 1 fully saturated rings. The summed E-state index contributed by atoms with van der Waals surface area (Å²) in [5.74, 6) is -0.878. The van der Waals surface area contributed by atoms with Gasteiger partial charge in [-0.15, -0.1) is 0 Å². The molecule has 1 heterocycles. The van der Waals surface area contributed by atoms with Gasteiger partial charge in [0.25, 0.3) is 0 Å². The van der Waals surface area contributed by atoms with Gasteiger partial charge in [0.15, 0.2) is 11.9 Å². The Morgan fingerprint density at radius 3 is 2.31 bits per heavy atom. The Kier molecular flexibility index (Phi) is 6.90. The minimum Gasteiger partial charge on any atom is -0.475 e. The molecule has 32 heavy (non-hydrogen) atoms. The molecule has 0 unspecified atom stereocenters. The number of hydrogen-bond acceptors (Lipinski definition) is 7. The van der Waals surface area contributed by atoms with Crippen LogP contribution < -0.4 is 10.1 Å². The molecule has 1 aliphatic rings. The summed E-state index contributed by atoms with van der Waals surface area (Å²) in [6.45, 7) is 3.56. The molecule has 1 aliphatic heterocycles. The van der Waals surface area contributed by atoms with Crippen LogP contribution in [-0.4, -0.2) is 48.5 Å². The third-order valence-electron chi connectivity index (χ3n) is 4.99. The Morgan fingerprint density at radius 1 is 1.12 bits per heavy atom. The normalized spacial score (nSPS) is 15.2. The van der Waals surface area contributed by atoms with Crippen LogP contribution in [0.5, 0.6) is 5.75 Å². The number of ketones is 1. The first-order chi connectivity index (χ1) is 15.1. The van der Waals surface area contributed by atoms with Crippen molar-refractivity contribution in [3.05, 3.63) is 58.1 Å². The van der Waals surface area contributed by atoms with Crippen LogP contribution in [0.2, 0.25) is 0 Å². The van der Waals surface area contributed by atoms with Crippen molar-refractivity contribution in [1.82, 2.24) is 4.31 Å². The number of hydrogen-bond donors (Lipinski definition) is 1. The predicted molar refractivity (Wildman–Crippen MR) is 116 cm³/mol. The summed E-state index contributed by atoms with van der Waals surface area (Å²) in [4.78, 5) is 34.4. The van der Waals surface area contributed by atoms with Crippen LogP contribution in [0.4, 0.5) is 11.4 Å². The summed E-state index contributed by atoms with van der Waals surface area (Å²) in [5, 5.41) is 14.2. The fraction of sp³-hybridized carbons (Fsp3) is 0.333. The molecule has 1 amide bonds. The molecule has 1 saturated heterocycles. The van der Waals surface area contributed by atoms with Gasteiger partial charge < -0.3 is 10.1 Å². The number of amides is 1. The van der Waals surface area contributed by atoms with E-state index in [2.05, 4.69) is 5.32 Å². The average molecular weight is 461 g/mol. The topological polar surface area (TPSA) is 136 Å². The van der Waals surface area contributed by atoms with Crippen LogP contribution in [0.1, 0.15) is 37.0 Å². The van der Waals surface area contributed by atoms with Crippen LogP contribution in [-0.2, 0) is 14.8 Å². The number of anilines is 1. The van der Waals surface area contributed by atoms with Gasteiger partial charge in [0.1, 0.15) is 0 Å². The Balaban J connectivity index is 1.80. The summed E-state index contributed by atoms with van der Waals surface area (Å²) < 4.78 is 32.3. The summed E-state index contributed by atoms with van der Waals surface area (Å²) in [6.07, 6.45) is 0.420. The third-order valence-corrected chi connectivity index (χ3v) is 6.89. The van der Waals surface area contributed by atoms with Crippen molar-refractivity contribution in [3.63, 3.8) is 0 Å². The van der Waals surface area contributed by atoms with E-state index >= 15 is 0 Å². The molecule has 2 aromatic carbocycles. The predicted octanol–water partition coefficient (Wildman–Crippen LogP) is 2.99. The number of nitro groups is 1. The first-order valence-electron chi connectivity index (χ1n) is 9.96. The number of nitrogens with one attached hydrogen (secondary N) is 1. The zero-order valence-electron chi connectivity index (χ0n) is 17.6. The standard InChI is InChI=1S/C21H23N3O7S/c1-14(21(26)16-5-7-17(8-6-16)22-15(2)25)31-20-10-9-18(13-19(20)24(27)28)32(29,30)23-11-3-4-12-23/h5-10,13-14H,3-4,11-12H2,1-2H3,(H,22,25)/t14-/m1/s1. The Hall–Kier alpha value is -3.31. The molecule has 0 aliphatic carbocycles. The van der Waals surface area contributed by atoms with Gasteiger partial charge in [-0.25, -0.2) is 8.42 Å². The molecular weight excluding hydrogens is 438 g/mol. The highest BCUT2D eigenvalue weighted by atomic mass is 32.2. The number of carbonyl (C=O) groups is 2. The van der Waals surface area contributed by atoms with Gasteiger partial charge in [0.2, 0.25) is 21.7 Å². The van der Waals surface area contributed by atoms with E-state index in [1.54, 1.807) is 12.1 Å². The fourth-order valence-electron chi connectivity index (χ4n) is 3.38. The Bertz CT molecular complexity index is 1140. The lowest BCUT2D eigenvalue weighted by atomic mass is 10.1. The first kappa shape index (κ1) is 23.4. The highest BCUT2D eigenvalue weighted by Crippen LogP contribution is 2.32. The van der Waals surface area contributed by atoms with Gasteiger partial charge in [-0.1, -0.05) is 0 Å². The number of carbonyl (C=O) groups excluding carboxylic acids is 2. The van der Waals surface area contributed by atoms with Crippen molar-refractivity contribution in [2.45, 2.75) is 37.7 Å². The van der Waals surface area contributed by atoms with Crippen molar-refractivity contribution >= 4 is 33.1 Å². The van der Waals surface area contributed by atoms with Gasteiger partial charge in [-0.05, 0) is 56.2 Å². The molecule has 0 bridgehead atoms. The molecule has 1 N–H and O–H groups in total. The number of Topliss-reactive ketones (excluding diaryl/α,β-unsaturated/α-hetero) is 1. The zero-order chi connectivity index (χ0) is 23.5. The highest BCUT2D eigenvalue weighted by molar-refractivity contribution is 7.89. The number of rotatable bonds is 8. The molecule has 170 valence electrons. The SMILES string of the molecule is CC(=O)Nc1ccc(C(=O)[C@@H](C)Oc2ccc(S(=O)(=O)N3CCCC3)cc2[N+](=O)[O-])cc1. The number of nitrogens with zero attached hydrogens (tertiary/aromatic N) is 2. The number of nitro benzene ring substituents is 1. The molecule has 0 spiro atoms. The molecule has 3 rings (SSSR count). The van der Waals surface area contributed by atoms with Gasteiger partial charge in [-0.3, -0.25) is 19.7 Å². The molecular formula is C21H23N3O7S. The van der Waals surface area contributed by atoms with E-state index in [1.165, 1.54) is 42.4 Å². The molecule has 11 heteroatoms. The lowest BCUT2D eigenvalue weighted by Crippen LogP contribution is -2.28. The lowest BCUT2D eigenvalue weighted by molar-refractivity contribution is -0.386. The van der Waals surface area contributed by atoms with Crippen molar-refractivity contribution in [3.8, 4) is 5.75 Å². The molecule has 2 aromatic rings. The van der Waals surface area contributed by atoms with Crippen LogP contribution in [0.25, 0.3) is 0 Å². The summed E-state index contributed by atoms with van der Waals surface area (Å²) in [7, 11) is -3.84. The van der Waals surface area contributed by atoms with E-state index in [0.717, 1.165) is 18.9 Å². The molecule has 10 nitrogen and oxygen atoms in total. The second-order valence-electron chi connectivity index (χ2n) is 7.38. The molecule has 0 saturated carbocycles. The van der Waals surface area contributed by atoms with E-state index in [-0.39, 0.29) is 16.6 Å². The van der Waals surface area contributed by atoms with Gasteiger partial charge >= 0.3 is 5.69 Å². The zero-order valence-corrected chi connectivity index (χ0v) is 18.4. The number of benzene rings is 2. The number of sulfonamides is 1. The minimum absolute atomic E-state index is 0.189. The fourth-order valence-corrected chi connectivity index (χ4v) is 4.91. The van der Waals surface area contributed by atoms with Gasteiger partial charge in [-0.2, -0.15) is 4.31 Å². The third kappa shape index (κ3) is 5.11. The second-order valence-corrected chi connectivity index (χ2v) is 9.32. The highest BCUT2D eigenvalue weighted by Gasteiger charge is 2.30. The maximum Gasteiger partial charge on any atom is 0.312 e. The molecule has 0 aromatic heterocycles. The Labute approximate surface area is 185 Å². The van der Waals surface area contributed by atoms with E-state index in [1.807, 2.05) is 0 Å². The van der Waals surface area contributed by atoms with Crippen molar-refractivity contribution in [1.29, 1.82) is 0 Å². The maximum atomic E-state index is 12.7. The summed E-state index contributed by atoms with van der Waals surface area (Å²) in [5.41, 5.74) is 0.279. The second kappa shape index (κ2) is 9.45. The van der Waals surface area contributed by atoms with Crippen LogP contribution >= 0.6 is 0 Å². The molecule has 1 atom stereocenters. The van der Waals surface area contributed by atoms with Crippen molar-refractivity contribution < 1.29 is 27.7 Å². The van der Waals surface area contributed by atoms with Crippen molar-refractivity contribution in [2.24, 2.45) is 0 Å². The summed E-state index contributed by atoms with van der Waals surface area (Å²) in [6, 6.07) is 9.54. The minimum atomic E-state index is -3.84. The quantitative estimate of drug-likeness (QED) is 0.362. The van der Waals surface area contributed by atoms with E-state index < -0.39 is 32.5 Å².